The fourth-order valence-electron chi connectivity index (χ4n) is 1.75. The number of rotatable bonds is 5. The molecule has 2 N–H and O–H groups in total. The predicted octanol–water partition coefficient (Wildman–Crippen LogP) is 2.97. The van der Waals surface area contributed by atoms with Crippen molar-refractivity contribution in [2.24, 2.45) is 0 Å². The number of H-pyrrole nitrogens is 1. The monoisotopic (exact) mass is 366 g/mol. The third kappa shape index (κ3) is 3.88. The molecule has 116 valence electrons. The molecule has 0 saturated heterocycles. The molecule has 7 heteroatoms. The summed E-state index contributed by atoms with van der Waals surface area (Å²) in [5.41, 5.74) is 0.782. The zero-order valence-electron chi connectivity index (χ0n) is 12.1. The van der Waals surface area contributed by atoms with Gasteiger partial charge >= 0.3 is 5.97 Å². The van der Waals surface area contributed by atoms with Crippen molar-refractivity contribution in [3.05, 3.63) is 46.7 Å². The molecule has 0 radical (unpaired) electrons. The molecular formula is C15H15BrN2O4. The number of amides is 1. The van der Waals surface area contributed by atoms with Crippen molar-refractivity contribution in [3.8, 4) is 5.75 Å². The second kappa shape index (κ2) is 7.13. The van der Waals surface area contributed by atoms with Crippen molar-refractivity contribution >= 4 is 33.5 Å². The van der Waals surface area contributed by atoms with Crippen LogP contribution in [0.1, 0.15) is 17.4 Å². The van der Waals surface area contributed by atoms with E-state index in [9.17, 15) is 9.59 Å². The number of hydrogen-bond donors (Lipinski definition) is 2. The first-order chi connectivity index (χ1) is 10.5. The van der Waals surface area contributed by atoms with E-state index in [1.165, 1.54) is 14.0 Å². The van der Waals surface area contributed by atoms with Gasteiger partial charge in [0.15, 0.2) is 6.10 Å². The van der Waals surface area contributed by atoms with E-state index in [0.717, 1.165) is 4.47 Å². The van der Waals surface area contributed by atoms with Crippen molar-refractivity contribution in [2.75, 3.05) is 12.4 Å². The van der Waals surface area contributed by atoms with Crippen LogP contribution in [0.2, 0.25) is 0 Å². The van der Waals surface area contributed by atoms with Crippen LogP contribution in [0, 0.1) is 0 Å². The summed E-state index contributed by atoms with van der Waals surface area (Å²) in [4.78, 5) is 26.7. The third-order valence-electron chi connectivity index (χ3n) is 2.89. The van der Waals surface area contributed by atoms with E-state index in [2.05, 4.69) is 26.2 Å². The van der Waals surface area contributed by atoms with Gasteiger partial charge in [0.05, 0.1) is 12.8 Å². The number of aromatic nitrogens is 1. The van der Waals surface area contributed by atoms with Crippen molar-refractivity contribution in [3.63, 3.8) is 0 Å². The Kier molecular flexibility index (Phi) is 5.21. The van der Waals surface area contributed by atoms with E-state index in [4.69, 9.17) is 9.47 Å². The first kappa shape index (κ1) is 16.1. The van der Waals surface area contributed by atoms with Crippen molar-refractivity contribution in [1.29, 1.82) is 0 Å². The van der Waals surface area contributed by atoms with Crippen LogP contribution in [0.25, 0.3) is 0 Å². The molecule has 2 rings (SSSR count). The van der Waals surface area contributed by atoms with E-state index in [1.54, 1.807) is 36.5 Å². The molecular weight excluding hydrogens is 352 g/mol. The maximum atomic E-state index is 12.1. The summed E-state index contributed by atoms with van der Waals surface area (Å²) >= 11 is 3.22. The van der Waals surface area contributed by atoms with Crippen LogP contribution in [0.4, 0.5) is 5.69 Å². The summed E-state index contributed by atoms with van der Waals surface area (Å²) in [5.74, 6) is -0.514. The van der Waals surface area contributed by atoms with E-state index in [0.29, 0.717) is 11.4 Å². The second-order valence-electron chi connectivity index (χ2n) is 4.47. The Hall–Kier alpha value is -2.28. The molecule has 2 aromatic rings. The lowest BCUT2D eigenvalue weighted by Gasteiger charge is -2.14. The number of aromatic amines is 1. The van der Waals surface area contributed by atoms with E-state index < -0.39 is 18.0 Å². The van der Waals surface area contributed by atoms with Crippen molar-refractivity contribution < 1.29 is 19.1 Å². The number of hydrogen-bond acceptors (Lipinski definition) is 4. The lowest BCUT2D eigenvalue weighted by atomic mass is 10.2. The summed E-state index contributed by atoms with van der Waals surface area (Å²) in [5, 5.41) is 2.66. The molecule has 1 amide bonds. The van der Waals surface area contributed by atoms with Gasteiger partial charge in [-0.3, -0.25) is 4.79 Å². The van der Waals surface area contributed by atoms with Crippen LogP contribution in [0.3, 0.4) is 0 Å². The smallest absolute Gasteiger partial charge is 0.355 e. The Labute approximate surface area is 135 Å². The van der Waals surface area contributed by atoms with Gasteiger partial charge in [0.1, 0.15) is 11.4 Å². The first-order valence-electron chi connectivity index (χ1n) is 6.50. The Morgan fingerprint density at radius 3 is 2.68 bits per heavy atom. The number of anilines is 1. The topological polar surface area (TPSA) is 80.4 Å². The second-order valence-corrected chi connectivity index (χ2v) is 5.38. The number of benzene rings is 1. The molecule has 0 bridgehead atoms. The average Bonchev–Trinajstić information content (AvgIpc) is 2.94. The minimum Gasteiger partial charge on any atom is -0.495 e. The van der Waals surface area contributed by atoms with Gasteiger partial charge in [0.2, 0.25) is 0 Å². The van der Waals surface area contributed by atoms with Gasteiger partial charge in [-0.1, -0.05) is 12.1 Å². The van der Waals surface area contributed by atoms with E-state index >= 15 is 0 Å². The summed E-state index contributed by atoms with van der Waals surface area (Å²) < 4.78 is 11.0. The number of carbonyl (C=O) groups is 2. The molecule has 1 atom stereocenters. The zero-order chi connectivity index (χ0) is 16.1. The molecule has 6 nitrogen and oxygen atoms in total. The molecule has 0 aliphatic rings. The van der Waals surface area contributed by atoms with Gasteiger partial charge < -0.3 is 19.8 Å². The Balaban J connectivity index is 1.99. The lowest BCUT2D eigenvalue weighted by Crippen LogP contribution is -2.30. The summed E-state index contributed by atoms with van der Waals surface area (Å²) in [7, 11) is 1.51. The normalized spacial score (nSPS) is 11.6. The van der Waals surface area contributed by atoms with Crippen LogP contribution in [0.15, 0.2) is 41.0 Å². The summed E-state index contributed by atoms with van der Waals surface area (Å²) in [6.45, 7) is 1.50. The fraction of sp³-hybridized carbons (Fsp3) is 0.200. The van der Waals surface area contributed by atoms with Crippen LogP contribution in [0.5, 0.6) is 5.75 Å². The molecule has 22 heavy (non-hydrogen) atoms. The highest BCUT2D eigenvalue weighted by Gasteiger charge is 2.20. The van der Waals surface area contributed by atoms with Gasteiger partial charge in [0.25, 0.3) is 5.91 Å². The van der Waals surface area contributed by atoms with Gasteiger partial charge in [0, 0.05) is 10.7 Å². The van der Waals surface area contributed by atoms with Gasteiger partial charge in [-0.05, 0) is 41.1 Å². The minimum atomic E-state index is -0.945. The molecule has 0 saturated carbocycles. The fourth-order valence-corrected chi connectivity index (χ4v) is 2.09. The quantitative estimate of drug-likeness (QED) is 0.797. The molecule has 1 aromatic heterocycles. The Bertz CT molecular complexity index is 684. The number of halogens is 1. The number of methoxy groups -OCH3 is 1. The van der Waals surface area contributed by atoms with Crippen molar-refractivity contribution in [2.45, 2.75) is 13.0 Å². The molecule has 1 heterocycles. The van der Waals surface area contributed by atoms with E-state index in [1.807, 2.05) is 0 Å². The summed E-state index contributed by atoms with van der Waals surface area (Å²) in [6, 6.07) is 8.57. The number of carbonyl (C=O) groups excluding carboxylic acids is 2. The SMILES string of the molecule is COc1ccccc1NC(=O)[C@H](C)OC(=O)c1cc(Br)c[nH]1. The standard InChI is InChI=1S/C15H15BrN2O4/c1-9(22-15(20)12-7-10(16)8-17-12)14(19)18-11-5-3-4-6-13(11)21-2/h3-9,17H,1-2H3,(H,18,19)/t9-/m0/s1. The predicted molar refractivity (Wildman–Crippen MR) is 85.0 cm³/mol. The maximum Gasteiger partial charge on any atom is 0.355 e. The summed E-state index contributed by atoms with van der Waals surface area (Å²) in [6.07, 6.45) is 0.662. The Morgan fingerprint density at radius 1 is 1.32 bits per heavy atom. The molecule has 0 spiro atoms. The van der Waals surface area contributed by atoms with Gasteiger partial charge in [-0.15, -0.1) is 0 Å². The maximum absolute atomic E-state index is 12.1. The average molecular weight is 367 g/mol. The highest BCUT2D eigenvalue weighted by atomic mass is 79.9. The minimum absolute atomic E-state index is 0.267. The molecule has 1 aromatic carbocycles. The number of nitrogens with one attached hydrogen (secondary N) is 2. The van der Waals surface area contributed by atoms with Crippen LogP contribution in [-0.2, 0) is 9.53 Å². The van der Waals surface area contributed by atoms with Gasteiger partial charge in [-0.25, -0.2) is 4.79 Å². The highest BCUT2D eigenvalue weighted by molar-refractivity contribution is 9.10. The largest absolute Gasteiger partial charge is 0.495 e. The van der Waals surface area contributed by atoms with E-state index in [-0.39, 0.29) is 5.69 Å². The number of para-hydroxylation sites is 2. The Morgan fingerprint density at radius 2 is 2.05 bits per heavy atom. The third-order valence-corrected chi connectivity index (χ3v) is 3.34. The molecule has 0 fully saturated rings. The molecule has 0 unspecified atom stereocenters. The lowest BCUT2D eigenvalue weighted by molar-refractivity contribution is -0.123. The van der Waals surface area contributed by atoms with Crippen LogP contribution in [-0.4, -0.2) is 30.1 Å². The highest BCUT2D eigenvalue weighted by Crippen LogP contribution is 2.23. The first-order valence-corrected chi connectivity index (χ1v) is 7.29. The molecule has 0 aliphatic heterocycles. The van der Waals surface area contributed by atoms with Crippen LogP contribution < -0.4 is 10.1 Å². The number of esters is 1. The van der Waals surface area contributed by atoms with Crippen LogP contribution >= 0.6 is 15.9 Å². The number of ether oxygens (including phenoxy) is 2. The zero-order valence-corrected chi connectivity index (χ0v) is 13.6. The van der Waals surface area contributed by atoms with Crippen molar-refractivity contribution in [1.82, 2.24) is 4.98 Å². The molecule has 0 aliphatic carbocycles. The van der Waals surface area contributed by atoms with Gasteiger partial charge in [-0.2, -0.15) is 0 Å².